The van der Waals surface area contributed by atoms with E-state index in [1.54, 1.807) is 0 Å². The third-order valence-corrected chi connectivity index (χ3v) is 5.26. The van der Waals surface area contributed by atoms with Crippen LogP contribution < -0.4 is 11.1 Å². The highest BCUT2D eigenvalue weighted by Gasteiger charge is 2.72. The predicted octanol–water partition coefficient (Wildman–Crippen LogP) is 0.237. The molecule has 0 spiro atoms. The summed E-state index contributed by atoms with van der Waals surface area (Å²) in [5, 5.41) is 21.4. The highest BCUT2D eigenvalue weighted by atomic mass is 16.4. The van der Waals surface area contributed by atoms with E-state index in [4.69, 9.17) is 5.73 Å². The highest BCUT2D eigenvalue weighted by Crippen LogP contribution is 2.62. The van der Waals surface area contributed by atoms with E-state index in [-0.39, 0.29) is 12.3 Å². The Bertz CT molecular complexity index is 677. The molecule has 0 aliphatic heterocycles. The van der Waals surface area contributed by atoms with Crippen LogP contribution in [0.1, 0.15) is 18.4 Å². The lowest BCUT2D eigenvalue weighted by Gasteiger charge is -2.29. The van der Waals surface area contributed by atoms with E-state index >= 15 is 0 Å². The van der Waals surface area contributed by atoms with Crippen molar-refractivity contribution in [1.82, 2.24) is 5.32 Å². The van der Waals surface area contributed by atoms with Gasteiger partial charge in [-0.15, -0.1) is 0 Å². The summed E-state index contributed by atoms with van der Waals surface area (Å²) in [6.07, 6.45) is 1.02. The van der Waals surface area contributed by atoms with Crippen molar-refractivity contribution in [3.05, 3.63) is 35.9 Å². The molecule has 5 atom stereocenters. The summed E-state index contributed by atoms with van der Waals surface area (Å²) in [7, 11) is 0. The van der Waals surface area contributed by atoms with E-state index in [0.29, 0.717) is 12.8 Å². The number of amides is 1. The normalized spacial score (nSPS) is 31.8. The Balaban J connectivity index is 1.71. The summed E-state index contributed by atoms with van der Waals surface area (Å²) < 4.78 is 0. The summed E-state index contributed by atoms with van der Waals surface area (Å²) in [6.45, 7) is 0. The minimum absolute atomic E-state index is 0.177. The fraction of sp³-hybridized carbons (Fsp3) is 0.471. The van der Waals surface area contributed by atoms with Crippen molar-refractivity contribution in [1.29, 1.82) is 0 Å². The molecule has 2 aliphatic carbocycles. The van der Waals surface area contributed by atoms with Gasteiger partial charge >= 0.3 is 11.9 Å². The first-order valence-corrected chi connectivity index (χ1v) is 7.94. The first-order chi connectivity index (χ1) is 11.4. The average molecular weight is 332 g/mol. The summed E-state index contributed by atoms with van der Waals surface area (Å²) in [4.78, 5) is 35.4. The van der Waals surface area contributed by atoms with Gasteiger partial charge in [0.25, 0.3) is 0 Å². The van der Waals surface area contributed by atoms with Crippen LogP contribution in [-0.2, 0) is 20.8 Å². The van der Waals surface area contributed by atoms with E-state index in [9.17, 15) is 24.6 Å². The van der Waals surface area contributed by atoms with Crippen LogP contribution in [0.4, 0.5) is 0 Å². The largest absolute Gasteiger partial charge is 0.481 e. The SMILES string of the molecule is N[C@@H](Cc1ccccc1)C(=O)N[C@@]1(C(=O)O)CC[C@H]2[C@H](C(=O)O)[C@H]21. The molecule has 2 aliphatic rings. The van der Waals surface area contributed by atoms with Crippen molar-refractivity contribution in [2.75, 3.05) is 0 Å². The first kappa shape index (κ1) is 16.4. The Labute approximate surface area is 138 Å². The predicted molar refractivity (Wildman–Crippen MR) is 84.0 cm³/mol. The molecular formula is C17H20N2O5. The lowest BCUT2D eigenvalue weighted by Crippen LogP contribution is -2.59. The van der Waals surface area contributed by atoms with Gasteiger partial charge in [-0.3, -0.25) is 9.59 Å². The number of benzene rings is 1. The number of carbonyl (C=O) groups is 3. The molecule has 5 N–H and O–H groups in total. The number of hydrogen-bond donors (Lipinski definition) is 4. The number of fused-ring (bicyclic) bond motifs is 1. The van der Waals surface area contributed by atoms with Crippen LogP contribution in [0.2, 0.25) is 0 Å². The Morgan fingerprint density at radius 1 is 1.25 bits per heavy atom. The number of rotatable bonds is 6. The quantitative estimate of drug-likeness (QED) is 0.590. The molecule has 24 heavy (non-hydrogen) atoms. The van der Waals surface area contributed by atoms with Crippen LogP contribution in [0.15, 0.2) is 30.3 Å². The van der Waals surface area contributed by atoms with E-state index in [1.165, 1.54) is 0 Å². The lowest BCUT2D eigenvalue weighted by molar-refractivity contribution is -0.150. The van der Waals surface area contributed by atoms with Gasteiger partial charge in [-0.1, -0.05) is 30.3 Å². The van der Waals surface area contributed by atoms with Gasteiger partial charge in [0.05, 0.1) is 12.0 Å². The van der Waals surface area contributed by atoms with Crippen molar-refractivity contribution in [3.8, 4) is 0 Å². The van der Waals surface area contributed by atoms with Crippen molar-refractivity contribution < 1.29 is 24.6 Å². The molecule has 3 rings (SSSR count). The fourth-order valence-electron chi connectivity index (χ4n) is 4.02. The van der Waals surface area contributed by atoms with E-state index in [0.717, 1.165) is 5.56 Å². The molecule has 0 aromatic heterocycles. The second kappa shape index (κ2) is 5.90. The maximum absolute atomic E-state index is 12.4. The van der Waals surface area contributed by atoms with Crippen molar-refractivity contribution >= 4 is 17.8 Å². The fourth-order valence-corrected chi connectivity index (χ4v) is 4.02. The summed E-state index contributed by atoms with van der Waals surface area (Å²) in [5.74, 6) is -4.17. The topological polar surface area (TPSA) is 130 Å². The van der Waals surface area contributed by atoms with Gasteiger partial charge in [0.1, 0.15) is 5.54 Å². The van der Waals surface area contributed by atoms with Crippen molar-refractivity contribution in [2.45, 2.75) is 30.8 Å². The molecule has 0 radical (unpaired) electrons. The van der Waals surface area contributed by atoms with Gasteiger partial charge in [0.15, 0.2) is 0 Å². The third-order valence-electron chi connectivity index (χ3n) is 5.26. The smallest absolute Gasteiger partial charge is 0.329 e. The molecule has 0 saturated heterocycles. The maximum atomic E-state index is 12.4. The Morgan fingerprint density at radius 2 is 1.92 bits per heavy atom. The molecule has 7 heteroatoms. The summed E-state index contributed by atoms with van der Waals surface area (Å²) >= 11 is 0. The monoisotopic (exact) mass is 332 g/mol. The molecule has 7 nitrogen and oxygen atoms in total. The number of carbonyl (C=O) groups excluding carboxylic acids is 1. The van der Waals surface area contributed by atoms with Gasteiger partial charge in [-0.05, 0) is 30.7 Å². The van der Waals surface area contributed by atoms with Crippen LogP contribution in [0, 0.1) is 17.8 Å². The van der Waals surface area contributed by atoms with Crippen LogP contribution in [0.25, 0.3) is 0 Å². The Hall–Kier alpha value is -2.41. The average Bonchev–Trinajstić information content (AvgIpc) is 3.17. The highest BCUT2D eigenvalue weighted by molar-refractivity contribution is 5.92. The first-order valence-electron chi connectivity index (χ1n) is 7.94. The molecule has 1 aromatic carbocycles. The van der Waals surface area contributed by atoms with E-state index in [2.05, 4.69) is 5.32 Å². The van der Waals surface area contributed by atoms with Gasteiger partial charge in [0.2, 0.25) is 5.91 Å². The van der Waals surface area contributed by atoms with Crippen molar-refractivity contribution in [2.24, 2.45) is 23.5 Å². The number of carboxylic acids is 2. The third kappa shape index (κ3) is 2.65. The van der Waals surface area contributed by atoms with Gasteiger partial charge < -0.3 is 21.3 Å². The molecule has 128 valence electrons. The minimum atomic E-state index is -1.51. The molecule has 0 unspecified atom stereocenters. The van der Waals surface area contributed by atoms with Crippen LogP contribution in [0.5, 0.6) is 0 Å². The number of nitrogens with one attached hydrogen (secondary N) is 1. The van der Waals surface area contributed by atoms with Crippen LogP contribution in [-0.4, -0.2) is 39.6 Å². The second-order valence-electron chi connectivity index (χ2n) is 6.65. The van der Waals surface area contributed by atoms with Crippen LogP contribution >= 0.6 is 0 Å². The maximum Gasteiger partial charge on any atom is 0.329 e. The molecule has 0 bridgehead atoms. The lowest BCUT2D eigenvalue weighted by atomic mass is 9.89. The van der Waals surface area contributed by atoms with E-state index < -0.39 is 41.3 Å². The standard InChI is InChI=1S/C17H20N2O5/c18-11(8-9-4-2-1-3-5-9)14(20)19-17(16(23)24)7-6-10-12(13(10)17)15(21)22/h1-5,10-13H,6-8,18H2,(H,19,20)(H,21,22)(H,23,24)/t10-,11-,12-,13-,17-/m0/s1. The zero-order chi connectivity index (χ0) is 17.5. The molecular weight excluding hydrogens is 312 g/mol. The molecule has 1 aromatic rings. The van der Waals surface area contributed by atoms with Crippen LogP contribution in [0.3, 0.4) is 0 Å². The van der Waals surface area contributed by atoms with Gasteiger partial charge in [-0.25, -0.2) is 4.79 Å². The number of hydrogen-bond acceptors (Lipinski definition) is 4. The van der Waals surface area contributed by atoms with Crippen molar-refractivity contribution in [3.63, 3.8) is 0 Å². The zero-order valence-electron chi connectivity index (χ0n) is 13.0. The number of nitrogens with two attached hydrogens (primary N) is 1. The molecule has 2 saturated carbocycles. The van der Waals surface area contributed by atoms with E-state index in [1.807, 2.05) is 30.3 Å². The second-order valence-corrected chi connectivity index (χ2v) is 6.65. The molecule has 0 heterocycles. The summed E-state index contributed by atoms with van der Waals surface area (Å²) in [6, 6.07) is 8.32. The number of aliphatic carboxylic acids is 2. The number of carboxylic acid groups (broad SMARTS) is 2. The molecule has 1 amide bonds. The Kier molecular flexibility index (Phi) is 4.04. The van der Waals surface area contributed by atoms with Gasteiger partial charge in [0, 0.05) is 5.92 Å². The minimum Gasteiger partial charge on any atom is -0.481 e. The zero-order valence-corrected chi connectivity index (χ0v) is 13.0. The molecule has 2 fully saturated rings. The van der Waals surface area contributed by atoms with Gasteiger partial charge in [-0.2, -0.15) is 0 Å². The summed E-state index contributed by atoms with van der Waals surface area (Å²) in [5.41, 5.74) is 5.28. The Morgan fingerprint density at radius 3 is 2.46 bits per heavy atom.